The number of hydrogen-bond donors (Lipinski definition) is 1. The van der Waals surface area contributed by atoms with Gasteiger partial charge in [-0.1, -0.05) is 53.7 Å². The van der Waals surface area contributed by atoms with Crippen molar-refractivity contribution in [1.29, 1.82) is 0 Å². The number of allylic oxidation sites excluding steroid dienone is 1. The molecule has 30 heavy (non-hydrogen) atoms. The molecule has 1 N–H and O–H groups in total. The fourth-order valence-electron chi connectivity index (χ4n) is 3.57. The Bertz CT molecular complexity index is 980. The van der Waals surface area contributed by atoms with Gasteiger partial charge in [0.1, 0.15) is 0 Å². The van der Waals surface area contributed by atoms with Crippen molar-refractivity contribution in [3.05, 3.63) is 65.9 Å². The van der Waals surface area contributed by atoms with Crippen molar-refractivity contribution < 1.29 is 9.21 Å². The van der Waals surface area contributed by atoms with Crippen LogP contribution < -0.4 is 5.32 Å². The van der Waals surface area contributed by atoms with E-state index < -0.39 is 0 Å². The fraction of sp³-hybridized carbons (Fsp3) is 0.348. The third-order valence-electron chi connectivity index (χ3n) is 5.13. The Balaban J connectivity index is 1.38. The van der Waals surface area contributed by atoms with Gasteiger partial charge < -0.3 is 9.73 Å². The monoisotopic (exact) mass is 422 g/mol. The first kappa shape index (κ1) is 20.5. The number of furan rings is 1. The maximum absolute atomic E-state index is 12.3. The van der Waals surface area contributed by atoms with Gasteiger partial charge in [-0.3, -0.25) is 9.36 Å². The predicted molar refractivity (Wildman–Crippen MR) is 118 cm³/mol. The van der Waals surface area contributed by atoms with E-state index in [0.29, 0.717) is 35.6 Å². The van der Waals surface area contributed by atoms with Crippen molar-refractivity contribution in [2.75, 3.05) is 12.3 Å². The van der Waals surface area contributed by atoms with E-state index in [1.54, 1.807) is 6.26 Å². The summed E-state index contributed by atoms with van der Waals surface area (Å²) in [6.07, 6.45) is 9.80. The van der Waals surface area contributed by atoms with Gasteiger partial charge in [0.2, 0.25) is 11.7 Å². The number of rotatable bonds is 9. The highest BCUT2D eigenvalue weighted by atomic mass is 32.2. The number of hydrogen-bond acceptors (Lipinski definition) is 5. The Morgan fingerprint density at radius 1 is 1.13 bits per heavy atom. The van der Waals surface area contributed by atoms with E-state index in [9.17, 15) is 4.79 Å². The highest BCUT2D eigenvalue weighted by Gasteiger charge is 2.17. The quantitative estimate of drug-likeness (QED) is 0.400. The van der Waals surface area contributed by atoms with Crippen LogP contribution >= 0.6 is 11.8 Å². The Kier molecular flexibility index (Phi) is 7.03. The third-order valence-corrected chi connectivity index (χ3v) is 6.09. The summed E-state index contributed by atoms with van der Waals surface area (Å²) < 4.78 is 7.53. The maximum atomic E-state index is 12.3. The van der Waals surface area contributed by atoms with Crippen molar-refractivity contribution in [2.24, 2.45) is 0 Å². The zero-order valence-electron chi connectivity index (χ0n) is 16.9. The molecule has 1 aliphatic rings. The van der Waals surface area contributed by atoms with E-state index in [4.69, 9.17) is 4.42 Å². The average Bonchev–Trinajstić information content (AvgIpc) is 3.44. The fourth-order valence-corrected chi connectivity index (χ4v) is 4.34. The molecule has 0 unspecified atom stereocenters. The average molecular weight is 423 g/mol. The number of nitrogens with one attached hydrogen (secondary N) is 1. The molecule has 2 heterocycles. The Morgan fingerprint density at radius 3 is 2.80 bits per heavy atom. The third kappa shape index (κ3) is 5.42. The van der Waals surface area contributed by atoms with E-state index in [2.05, 4.69) is 33.7 Å². The molecule has 0 spiro atoms. The summed E-state index contributed by atoms with van der Waals surface area (Å²) in [6, 6.07) is 13.8. The van der Waals surface area contributed by atoms with Crippen LogP contribution in [0.5, 0.6) is 0 Å². The standard InChI is InChI=1S/C23H26N4O2S/c28-21(24-14-13-18-8-3-1-4-9-18)17-30-23-26-25-22(20-12-7-15-29-20)27(23)16-19-10-5-2-6-11-19/h2,5-8,10-12,15H,1,3-4,9,13-14,16-17H2,(H,24,28). The van der Waals surface area contributed by atoms with Crippen molar-refractivity contribution in [3.8, 4) is 11.6 Å². The largest absolute Gasteiger partial charge is 0.461 e. The minimum absolute atomic E-state index is 0.0187. The molecule has 7 heteroatoms. The highest BCUT2D eigenvalue weighted by molar-refractivity contribution is 7.99. The SMILES string of the molecule is O=C(CSc1nnc(-c2ccco2)n1Cc1ccccc1)NCCC1=CCCCC1. The zero-order valence-corrected chi connectivity index (χ0v) is 17.7. The number of thioether (sulfide) groups is 1. The molecule has 6 nitrogen and oxygen atoms in total. The van der Waals surface area contributed by atoms with Gasteiger partial charge in [-0.25, -0.2) is 0 Å². The molecule has 3 aromatic rings. The van der Waals surface area contributed by atoms with Crippen LogP contribution in [0.1, 0.15) is 37.7 Å². The van der Waals surface area contributed by atoms with E-state index in [1.165, 1.54) is 43.0 Å². The highest BCUT2D eigenvalue weighted by Crippen LogP contribution is 2.25. The van der Waals surface area contributed by atoms with Gasteiger partial charge in [0.25, 0.3) is 0 Å². The lowest BCUT2D eigenvalue weighted by Gasteiger charge is -2.13. The van der Waals surface area contributed by atoms with E-state index >= 15 is 0 Å². The molecule has 0 aliphatic heterocycles. The lowest BCUT2D eigenvalue weighted by Crippen LogP contribution is -2.26. The number of aromatic nitrogens is 3. The van der Waals surface area contributed by atoms with Gasteiger partial charge in [-0.15, -0.1) is 10.2 Å². The summed E-state index contributed by atoms with van der Waals surface area (Å²) in [6.45, 7) is 1.31. The Morgan fingerprint density at radius 2 is 2.03 bits per heavy atom. The molecule has 0 atom stereocenters. The van der Waals surface area contributed by atoms with Crippen LogP contribution in [0.25, 0.3) is 11.6 Å². The van der Waals surface area contributed by atoms with Crippen LogP contribution in [0.3, 0.4) is 0 Å². The molecule has 4 rings (SSSR count). The molecule has 156 valence electrons. The lowest BCUT2D eigenvalue weighted by molar-refractivity contribution is -0.118. The summed E-state index contributed by atoms with van der Waals surface area (Å²) in [7, 11) is 0. The molecule has 0 saturated carbocycles. The number of benzene rings is 1. The number of amides is 1. The van der Waals surface area contributed by atoms with E-state index in [1.807, 2.05) is 34.9 Å². The first-order chi connectivity index (χ1) is 14.8. The first-order valence-electron chi connectivity index (χ1n) is 10.4. The summed E-state index contributed by atoms with van der Waals surface area (Å²) in [5.74, 6) is 1.65. The molecule has 0 saturated heterocycles. The molecule has 1 amide bonds. The molecule has 0 fully saturated rings. The maximum Gasteiger partial charge on any atom is 0.230 e. The summed E-state index contributed by atoms with van der Waals surface area (Å²) in [4.78, 5) is 12.3. The van der Waals surface area contributed by atoms with Crippen molar-refractivity contribution in [1.82, 2.24) is 20.1 Å². The van der Waals surface area contributed by atoms with Gasteiger partial charge in [-0.2, -0.15) is 0 Å². The normalized spacial score (nSPS) is 13.8. The Hall–Kier alpha value is -2.80. The van der Waals surface area contributed by atoms with Gasteiger partial charge in [0, 0.05) is 6.54 Å². The van der Waals surface area contributed by atoms with Gasteiger partial charge in [-0.05, 0) is 49.8 Å². The predicted octanol–water partition coefficient (Wildman–Crippen LogP) is 4.69. The molecule has 0 radical (unpaired) electrons. The number of carbonyl (C=O) groups is 1. The second-order valence-corrected chi connectivity index (χ2v) is 8.29. The van der Waals surface area contributed by atoms with Crippen LogP contribution in [-0.2, 0) is 11.3 Å². The molecular weight excluding hydrogens is 396 g/mol. The number of nitrogens with zero attached hydrogens (tertiary/aromatic N) is 3. The smallest absolute Gasteiger partial charge is 0.230 e. The zero-order chi connectivity index (χ0) is 20.6. The molecule has 1 aromatic carbocycles. The van der Waals surface area contributed by atoms with Crippen molar-refractivity contribution in [2.45, 2.75) is 43.8 Å². The lowest BCUT2D eigenvalue weighted by atomic mass is 9.97. The summed E-state index contributed by atoms with van der Waals surface area (Å²) >= 11 is 1.40. The van der Waals surface area contributed by atoms with Gasteiger partial charge >= 0.3 is 0 Å². The molecule has 2 aromatic heterocycles. The van der Waals surface area contributed by atoms with Crippen LogP contribution in [-0.4, -0.2) is 33.0 Å². The van der Waals surface area contributed by atoms with E-state index in [-0.39, 0.29) is 5.91 Å². The second-order valence-electron chi connectivity index (χ2n) is 7.35. The van der Waals surface area contributed by atoms with Crippen LogP contribution in [0.15, 0.2) is 70.0 Å². The van der Waals surface area contributed by atoms with Gasteiger partial charge in [0.05, 0.1) is 18.6 Å². The van der Waals surface area contributed by atoms with E-state index in [0.717, 1.165) is 12.0 Å². The molecule has 0 bridgehead atoms. The van der Waals surface area contributed by atoms with Crippen LogP contribution in [0.2, 0.25) is 0 Å². The van der Waals surface area contributed by atoms with Crippen molar-refractivity contribution >= 4 is 17.7 Å². The molecule has 1 aliphatic carbocycles. The van der Waals surface area contributed by atoms with Crippen molar-refractivity contribution in [3.63, 3.8) is 0 Å². The van der Waals surface area contributed by atoms with Crippen LogP contribution in [0.4, 0.5) is 0 Å². The summed E-state index contributed by atoms with van der Waals surface area (Å²) in [5.41, 5.74) is 2.61. The molecular formula is C23H26N4O2S. The second kappa shape index (κ2) is 10.3. The first-order valence-corrected chi connectivity index (χ1v) is 11.4. The van der Waals surface area contributed by atoms with Gasteiger partial charge in [0.15, 0.2) is 10.9 Å². The minimum atomic E-state index is 0.0187. The van der Waals surface area contributed by atoms with Crippen LogP contribution in [0, 0.1) is 0 Å². The minimum Gasteiger partial charge on any atom is -0.461 e. The summed E-state index contributed by atoms with van der Waals surface area (Å²) in [5, 5.41) is 12.4. The number of carbonyl (C=O) groups excluding carboxylic acids is 1. The topological polar surface area (TPSA) is 73.0 Å². The Labute approximate surface area is 180 Å².